The lowest BCUT2D eigenvalue weighted by Crippen LogP contribution is -2.28. The maximum absolute atomic E-state index is 13.2. The molecule has 2 rings (SSSR count). The summed E-state index contributed by atoms with van der Waals surface area (Å²) in [7, 11) is 0. The van der Waals surface area contributed by atoms with Gasteiger partial charge in [-0.3, -0.25) is 0 Å². The van der Waals surface area contributed by atoms with Crippen LogP contribution in [0.5, 0.6) is 5.75 Å². The van der Waals surface area contributed by atoms with Crippen LogP contribution >= 0.6 is 15.9 Å². The first-order chi connectivity index (χ1) is 9.69. The van der Waals surface area contributed by atoms with E-state index in [1.807, 2.05) is 37.3 Å². The standard InChI is InChI=1S/C16H17BrFNO/c1-2-19(15-5-3-4-14(18)12-15)10-11-20-16-8-6-13(17)7-9-16/h3-9,12H,2,10-11H2,1H3. The smallest absolute Gasteiger partial charge is 0.125 e. The lowest BCUT2D eigenvalue weighted by molar-refractivity contribution is 0.324. The highest BCUT2D eigenvalue weighted by Gasteiger charge is 2.05. The van der Waals surface area contributed by atoms with Crippen molar-refractivity contribution >= 4 is 21.6 Å². The Morgan fingerprint density at radius 2 is 1.90 bits per heavy atom. The largest absolute Gasteiger partial charge is 0.492 e. The molecule has 0 aliphatic heterocycles. The molecule has 0 N–H and O–H groups in total. The summed E-state index contributed by atoms with van der Waals surface area (Å²) in [5.74, 6) is 0.623. The summed E-state index contributed by atoms with van der Waals surface area (Å²) < 4.78 is 19.9. The van der Waals surface area contributed by atoms with Crippen molar-refractivity contribution in [3.8, 4) is 5.75 Å². The molecule has 0 bridgehead atoms. The maximum Gasteiger partial charge on any atom is 0.125 e. The fourth-order valence-corrected chi connectivity index (χ4v) is 2.21. The predicted molar refractivity (Wildman–Crippen MR) is 83.9 cm³/mol. The van der Waals surface area contributed by atoms with E-state index >= 15 is 0 Å². The summed E-state index contributed by atoms with van der Waals surface area (Å²) in [6, 6.07) is 14.4. The fraction of sp³-hybridized carbons (Fsp3) is 0.250. The normalized spacial score (nSPS) is 10.3. The van der Waals surface area contributed by atoms with E-state index in [9.17, 15) is 4.39 Å². The van der Waals surface area contributed by atoms with Crippen LogP contribution in [0, 0.1) is 5.82 Å². The molecule has 0 aliphatic carbocycles. The molecule has 0 heterocycles. The Hall–Kier alpha value is -1.55. The van der Waals surface area contributed by atoms with Crippen LogP contribution in [0.25, 0.3) is 0 Å². The van der Waals surface area contributed by atoms with E-state index in [4.69, 9.17) is 4.74 Å². The lowest BCUT2D eigenvalue weighted by atomic mass is 10.3. The molecule has 0 aliphatic rings. The number of nitrogens with zero attached hydrogens (tertiary/aromatic N) is 1. The first kappa shape index (κ1) is 14.9. The van der Waals surface area contributed by atoms with Crippen molar-refractivity contribution < 1.29 is 9.13 Å². The Morgan fingerprint density at radius 3 is 2.55 bits per heavy atom. The van der Waals surface area contributed by atoms with Crippen molar-refractivity contribution in [2.75, 3.05) is 24.6 Å². The second-order valence-corrected chi connectivity index (χ2v) is 5.28. The van der Waals surface area contributed by atoms with Gasteiger partial charge in [0.1, 0.15) is 18.2 Å². The minimum Gasteiger partial charge on any atom is -0.492 e. The van der Waals surface area contributed by atoms with Gasteiger partial charge in [-0.1, -0.05) is 22.0 Å². The van der Waals surface area contributed by atoms with Crippen LogP contribution in [0.2, 0.25) is 0 Å². The lowest BCUT2D eigenvalue weighted by Gasteiger charge is -2.23. The van der Waals surface area contributed by atoms with Crippen molar-refractivity contribution in [3.63, 3.8) is 0 Å². The molecular weight excluding hydrogens is 321 g/mol. The van der Waals surface area contributed by atoms with Gasteiger partial charge in [0.05, 0.1) is 6.54 Å². The molecule has 0 radical (unpaired) electrons. The number of halogens is 2. The second kappa shape index (κ2) is 7.29. The summed E-state index contributed by atoms with van der Waals surface area (Å²) in [5, 5.41) is 0. The van der Waals surface area contributed by atoms with Gasteiger partial charge in [0.15, 0.2) is 0 Å². The van der Waals surface area contributed by atoms with E-state index < -0.39 is 0 Å². The zero-order chi connectivity index (χ0) is 14.4. The van der Waals surface area contributed by atoms with Crippen LogP contribution < -0.4 is 9.64 Å². The third kappa shape index (κ3) is 4.23. The zero-order valence-electron chi connectivity index (χ0n) is 11.4. The highest BCUT2D eigenvalue weighted by molar-refractivity contribution is 9.10. The van der Waals surface area contributed by atoms with Gasteiger partial charge in [-0.05, 0) is 49.4 Å². The highest BCUT2D eigenvalue weighted by Crippen LogP contribution is 2.17. The molecule has 0 fully saturated rings. The third-order valence-electron chi connectivity index (χ3n) is 3.00. The summed E-state index contributed by atoms with van der Waals surface area (Å²) in [6.07, 6.45) is 0. The van der Waals surface area contributed by atoms with Gasteiger partial charge in [-0.15, -0.1) is 0 Å². The van der Waals surface area contributed by atoms with Gasteiger partial charge in [0.25, 0.3) is 0 Å². The molecule has 0 amide bonds. The molecule has 0 atom stereocenters. The molecule has 2 aromatic rings. The van der Waals surface area contributed by atoms with Crippen LogP contribution in [0.4, 0.5) is 10.1 Å². The monoisotopic (exact) mass is 337 g/mol. The van der Waals surface area contributed by atoms with Gasteiger partial charge in [0.2, 0.25) is 0 Å². The Balaban J connectivity index is 1.89. The van der Waals surface area contributed by atoms with Gasteiger partial charge in [-0.25, -0.2) is 4.39 Å². The second-order valence-electron chi connectivity index (χ2n) is 4.36. The Bertz CT molecular complexity index is 544. The molecule has 0 saturated carbocycles. The van der Waals surface area contributed by atoms with Crippen LogP contribution in [0.15, 0.2) is 53.0 Å². The number of hydrogen-bond acceptors (Lipinski definition) is 2. The minimum atomic E-state index is -0.213. The Morgan fingerprint density at radius 1 is 1.15 bits per heavy atom. The quantitative estimate of drug-likeness (QED) is 0.769. The van der Waals surface area contributed by atoms with Gasteiger partial charge < -0.3 is 9.64 Å². The van der Waals surface area contributed by atoms with Crippen molar-refractivity contribution in [1.29, 1.82) is 0 Å². The molecule has 2 aromatic carbocycles. The number of likely N-dealkylation sites (N-methyl/N-ethyl adjacent to an activating group) is 1. The Labute approximate surface area is 127 Å². The minimum absolute atomic E-state index is 0.213. The van der Waals surface area contributed by atoms with Crippen LogP contribution in [0.1, 0.15) is 6.92 Å². The topological polar surface area (TPSA) is 12.5 Å². The van der Waals surface area contributed by atoms with Crippen molar-refractivity contribution in [2.45, 2.75) is 6.92 Å². The van der Waals surface area contributed by atoms with E-state index in [2.05, 4.69) is 20.8 Å². The SMILES string of the molecule is CCN(CCOc1ccc(Br)cc1)c1cccc(F)c1. The van der Waals surface area contributed by atoms with E-state index in [0.29, 0.717) is 6.61 Å². The van der Waals surface area contributed by atoms with Crippen LogP contribution in [-0.2, 0) is 0 Å². The fourth-order valence-electron chi connectivity index (χ4n) is 1.95. The molecule has 20 heavy (non-hydrogen) atoms. The molecule has 0 spiro atoms. The summed E-state index contributed by atoms with van der Waals surface area (Å²) in [6.45, 7) is 4.14. The zero-order valence-corrected chi connectivity index (χ0v) is 12.9. The van der Waals surface area contributed by atoms with E-state index in [1.54, 1.807) is 12.1 Å². The number of rotatable bonds is 6. The van der Waals surface area contributed by atoms with Crippen molar-refractivity contribution in [2.24, 2.45) is 0 Å². The summed E-state index contributed by atoms with van der Waals surface area (Å²) >= 11 is 3.39. The predicted octanol–water partition coefficient (Wildman–Crippen LogP) is 4.49. The first-order valence-electron chi connectivity index (χ1n) is 6.58. The summed E-state index contributed by atoms with van der Waals surface area (Å²) in [4.78, 5) is 2.09. The maximum atomic E-state index is 13.2. The van der Waals surface area contributed by atoms with E-state index in [-0.39, 0.29) is 5.82 Å². The molecule has 4 heteroatoms. The molecule has 106 valence electrons. The van der Waals surface area contributed by atoms with Gasteiger partial charge >= 0.3 is 0 Å². The van der Waals surface area contributed by atoms with Gasteiger partial charge in [0, 0.05) is 16.7 Å². The number of hydrogen-bond donors (Lipinski definition) is 0. The average Bonchev–Trinajstić information content (AvgIpc) is 2.45. The summed E-state index contributed by atoms with van der Waals surface area (Å²) in [5.41, 5.74) is 0.881. The van der Waals surface area contributed by atoms with E-state index in [1.165, 1.54) is 6.07 Å². The number of anilines is 1. The van der Waals surface area contributed by atoms with Crippen LogP contribution in [0.3, 0.4) is 0 Å². The molecular formula is C16H17BrFNO. The average molecular weight is 338 g/mol. The number of benzene rings is 2. The molecule has 2 nitrogen and oxygen atoms in total. The third-order valence-corrected chi connectivity index (χ3v) is 3.53. The van der Waals surface area contributed by atoms with Crippen LogP contribution in [-0.4, -0.2) is 19.7 Å². The highest BCUT2D eigenvalue weighted by atomic mass is 79.9. The number of ether oxygens (including phenoxy) is 1. The first-order valence-corrected chi connectivity index (χ1v) is 7.37. The van der Waals surface area contributed by atoms with Crippen molar-refractivity contribution in [3.05, 3.63) is 58.8 Å². The Kier molecular flexibility index (Phi) is 5.41. The van der Waals surface area contributed by atoms with E-state index in [0.717, 1.165) is 29.0 Å². The molecule has 0 unspecified atom stereocenters. The van der Waals surface area contributed by atoms with Gasteiger partial charge in [-0.2, -0.15) is 0 Å². The molecule has 0 aromatic heterocycles. The molecule has 0 saturated heterocycles. The van der Waals surface area contributed by atoms with Crippen molar-refractivity contribution in [1.82, 2.24) is 0 Å².